The largest absolute Gasteiger partial charge is 0.492 e. The molecule has 2 unspecified atom stereocenters. The third-order valence-electron chi connectivity index (χ3n) is 2.34. The van der Waals surface area contributed by atoms with Gasteiger partial charge in [0.1, 0.15) is 12.4 Å². The lowest BCUT2D eigenvalue weighted by atomic mass is 10.2. The second-order valence-electron chi connectivity index (χ2n) is 3.54. The maximum atomic E-state index is 9.27. The van der Waals surface area contributed by atoms with Crippen LogP contribution in [-0.4, -0.2) is 30.4 Å². The first-order valence-corrected chi connectivity index (χ1v) is 4.85. The predicted molar refractivity (Wildman–Crippen MR) is 53.2 cm³/mol. The van der Waals surface area contributed by atoms with E-state index in [0.717, 1.165) is 12.2 Å². The topological polar surface area (TPSA) is 41.5 Å². The molecular weight excluding hydrogens is 178 g/mol. The number of ether oxygens (including phenoxy) is 1. The molecule has 0 aliphatic carbocycles. The van der Waals surface area contributed by atoms with Gasteiger partial charge in [-0.2, -0.15) is 0 Å². The van der Waals surface area contributed by atoms with E-state index in [0.29, 0.717) is 13.2 Å². The van der Waals surface area contributed by atoms with Gasteiger partial charge in [-0.15, -0.1) is 0 Å². The predicted octanol–water partition coefficient (Wildman–Crippen LogP) is 0.588. The minimum atomic E-state index is -0.215. The van der Waals surface area contributed by atoms with Crippen LogP contribution < -0.4 is 10.1 Å². The van der Waals surface area contributed by atoms with Crippen molar-refractivity contribution in [3.8, 4) is 5.75 Å². The maximum Gasteiger partial charge on any atom is 0.119 e. The Morgan fingerprint density at radius 3 is 2.93 bits per heavy atom. The number of hydrogen-bond donors (Lipinski definition) is 2. The van der Waals surface area contributed by atoms with Gasteiger partial charge in [0, 0.05) is 12.6 Å². The Hall–Kier alpha value is -1.06. The first-order chi connectivity index (χ1) is 6.84. The fourth-order valence-corrected chi connectivity index (χ4v) is 1.59. The van der Waals surface area contributed by atoms with E-state index in [1.54, 1.807) is 0 Å². The van der Waals surface area contributed by atoms with Crippen LogP contribution in [-0.2, 0) is 0 Å². The van der Waals surface area contributed by atoms with E-state index in [2.05, 4.69) is 11.4 Å². The molecule has 1 aromatic carbocycles. The van der Waals surface area contributed by atoms with Gasteiger partial charge in [-0.3, -0.25) is 0 Å². The maximum absolute atomic E-state index is 9.27. The molecule has 0 aromatic heterocycles. The van der Waals surface area contributed by atoms with E-state index in [-0.39, 0.29) is 12.1 Å². The molecule has 1 aliphatic rings. The Morgan fingerprint density at radius 2 is 2.29 bits per heavy atom. The molecule has 2 atom stereocenters. The van der Waals surface area contributed by atoms with Crippen molar-refractivity contribution in [3.05, 3.63) is 30.3 Å². The number of aliphatic hydroxyl groups excluding tert-OH is 1. The van der Waals surface area contributed by atoms with Crippen LogP contribution >= 0.6 is 0 Å². The lowest BCUT2D eigenvalue weighted by Crippen LogP contribution is -2.28. The molecule has 0 spiro atoms. The van der Waals surface area contributed by atoms with Gasteiger partial charge in [-0.25, -0.2) is 0 Å². The fourth-order valence-electron chi connectivity index (χ4n) is 1.59. The second kappa shape index (κ2) is 4.44. The normalized spacial score (nSPS) is 26.4. The minimum Gasteiger partial charge on any atom is -0.492 e. The van der Waals surface area contributed by atoms with Crippen molar-refractivity contribution in [1.29, 1.82) is 0 Å². The highest BCUT2D eigenvalue weighted by Crippen LogP contribution is 2.11. The second-order valence-corrected chi connectivity index (χ2v) is 3.54. The zero-order valence-electron chi connectivity index (χ0n) is 7.94. The van der Waals surface area contributed by atoms with Gasteiger partial charge < -0.3 is 15.2 Å². The molecule has 1 heterocycles. The van der Waals surface area contributed by atoms with Crippen molar-refractivity contribution in [2.75, 3.05) is 13.2 Å². The Balaban J connectivity index is 1.78. The van der Waals surface area contributed by atoms with E-state index in [1.807, 2.05) is 24.3 Å². The molecule has 1 aliphatic heterocycles. The molecule has 1 saturated heterocycles. The fraction of sp³-hybridized carbons (Fsp3) is 0.455. The lowest BCUT2D eigenvalue weighted by Gasteiger charge is -2.11. The molecule has 14 heavy (non-hydrogen) atoms. The van der Waals surface area contributed by atoms with Crippen LogP contribution in [0.5, 0.6) is 5.75 Å². The number of benzene rings is 1. The molecule has 1 aromatic rings. The van der Waals surface area contributed by atoms with Gasteiger partial charge >= 0.3 is 0 Å². The third kappa shape index (κ3) is 2.47. The van der Waals surface area contributed by atoms with Gasteiger partial charge in [0.05, 0.1) is 6.10 Å². The van der Waals surface area contributed by atoms with E-state index < -0.39 is 0 Å². The highest BCUT2D eigenvalue weighted by atomic mass is 16.5. The van der Waals surface area contributed by atoms with Crippen LogP contribution in [0.4, 0.5) is 0 Å². The van der Waals surface area contributed by atoms with Crippen molar-refractivity contribution in [1.82, 2.24) is 5.32 Å². The summed E-state index contributed by atoms with van der Waals surface area (Å²) >= 11 is 0. The molecule has 75 valence electrons. The van der Waals surface area contributed by atoms with Crippen LogP contribution in [0.15, 0.2) is 24.3 Å². The summed E-state index contributed by atoms with van der Waals surface area (Å²) in [5.74, 6) is 0.854. The Bertz CT molecular complexity index is 276. The Labute approximate surface area is 83.7 Å². The lowest BCUT2D eigenvalue weighted by molar-refractivity contribution is 0.187. The molecule has 0 amide bonds. The summed E-state index contributed by atoms with van der Waals surface area (Å²) in [7, 11) is 0. The standard InChI is InChI=1S/C11H14NO2/c13-10-6-9(12-7-10)8-14-11-4-2-1-3-5-11/h2-5,9-10,12-13H,6-8H2. The van der Waals surface area contributed by atoms with Crippen LogP contribution in [0.3, 0.4) is 0 Å². The molecular formula is C11H14NO2. The van der Waals surface area contributed by atoms with Crippen LogP contribution in [0, 0.1) is 6.07 Å². The van der Waals surface area contributed by atoms with Crippen molar-refractivity contribution < 1.29 is 9.84 Å². The first-order valence-electron chi connectivity index (χ1n) is 4.85. The molecule has 0 bridgehead atoms. The minimum absolute atomic E-state index is 0.215. The smallest absolute Gasteiger partial charge is 0.119 e. The average Bonchev–Trinajstić information content (AvgIpc) is 2.63. The zero-order valence-corrected chi connectivity index (χ0v) is 7.94. The zero-order chi connectivity index (χ0) is 9.80. The van der Waals surface area contributed by atoms with Gasteiger partial charge in [0.25, 0.3) is 0 Å². The Kier molecular flexibility index (Phi) is 3.01. The van der Waals surface area contributed by atoms with Crippen molar-refractivity contribution in [2.45, 2.75) is 18.6 Å². The number of rotatable bonds is 3. The third-order valence-corrected chi connectivity index (χ3v) is 2.34. The van der Waals surface area contributed by atoms with E-state index in [1.165, 1.54) is 0 Å². The highest BCUT2D eigenvalue weighted by Gasteiger charge is 2.22. The summed E-state index contributed by atoms with van der Waals surface area (Å²) in [6.07, 6.45) is 0.562. The van der Waals surface area contributed by atoms with Crippen LogP contribution in [0.25, 0.3) is 0 Å². The number of β-amino-alcohol motifs (C(OH)–C–C–N with tert-alkyl or cyclic N) is 1. The van der Waals surface area contributed by atoms with Crippen LogP contribution in [0.2, 0.25) is 0 Å². The van der Waals surface area contributed by atoms with E-state index in [9.17, 15) is 5.11 Å². The molecule has 0 saturated carbocycles. The van der Waals surface area contributed by atoms with Gasteiger partial charge in [-0.1, -0.05) is 12.1 Å². The van der Waals surface area contributed by atoms with Crippen molar-refractivity contribution >= 4 is 0 Å². The number of nitrogens with one attached hydrogen (secondary N) is 1. The summed E-state index contributed by atoms with van der Waals surface area (Å²) in [5.41, 5.74) is 0. The summed E-state index contributed by atoms with van der Waals surface area (Å²) in [4.78, 5) is 0. The molecule has 1 radical (unpaired) electrons. The van der Waals surface area contributed by atoms with Crippen molar-refractivity contribution in [3.63, 3.8) is 0 Å². The highest BCUT2D eigenvalue weighted by molar-refractivity contribution is 5.20. The Morgan fingerprint density at radius 1 is 1.50 bits per heavy atom. The van der Waals surface area contributed by atoms with E-state index in [4.69, 9.17) is 4.74 Å². The van der Waals surface area contributed by atoms with Gasteiger partial charge in [0.15, 0.2) is 0 Å². The number of hydrogen-bond acceptors (Lipinski definition) is 3. The number of aliphatic hydroxyl groups is 1. The molecule has 2 rings (SSSR count). The van der Waals surface area contributed by atoms with Gasteiger partial charge in [-0.05, 0) is 24.6 Å². The average molecular weight is 192 g/mol. The molecule has 1 fully saturated rings. The summed E-state index contributed by atoms with van der Waals surface area (Å²) < 4.78 is 5.54. The quantitative estimate of drug-likeness (QED) is 0.736. The van der Waals surface area contributed by atoms with Crippen LogP contribution in [0.1, 0.15) is 6.42 Å². The molecule has 2 N–H and O–H groups in total. The first kappa shape index (κ1) is 9.49. The molecule has 3 heteroatoms. The van der Waals surface area contributed by atoms with E-state index >= 15 is 0 Å². The van der Waals surface area contributed by atoms with Crippen molar-refractivity contribution in [2.24, 2.45) is 0 Å². The van der Waals surface area contributed by atoms with Gasteiger partial charge in [0.2, 0.25) is 0 Å². The monoisotopic (exact) mass is 192 g/mol. The molecule has 3 nitrogen and oxygen atoms in total. The summed E-state index contributed by atoms with van der Waals surface area (Å²) in [6, 6.07) is 10.6. The SMILES string of the molecule is OC1CNC(COc2cc[c]cc2)C1. The summed E-state index contributed by atoms with van der Waals surface area (Å²) in [5, 5.41) is 12.5. The summed E-state index contributed by atoms with van der Waals surface area (Å²) in [6.45, 7) is 1.29.